The Bertz CT molecular complexity index is 650. The second-order valence-corrected chi connectivity index (χ2v) is 4.55. The first-order valence-corrected chi connectivity index (χ1v) is 6.21. The first-order valence-electron chi connectivity index (χ1n) is 5.33. The molecule has 20 heavy (non-hydrogen) atoms. The average Bonchev–Trinajstić information content (AvgIpc) is 2.80. The molecule has 10 heteroatoms. The highest BCUT2D eigenvalue weighted by molar-refractivity contribution is 7.14. The van der Waals surface area contributed by atoms with Crippen LogP contribution < -0.4 is 16.6 Å². The van der Waals surface area contributed by atoms with Crippen molar-refractivity contribution >= 4 is 41.1 Å². The van der Waals surface area contributed by atoms with E-state index in [9.17, 15) is 8.78 Å². The van der Waals surface area contributed by atoms with E-state index in [4.69, 9.17) is 15.8 Å². The molecule has 0 spiro atoms. The number of benzene rings is 1. The van der Waals surface area contributed by atoms with Crippen molar-refractivity contribution in [2.75, 3.05) is 11.2 Å². The smallest absolute Gasteiger partial charge is 0.423 e. The standard InChI is InChI=1S/C10H9BF2N4O2S/c12-8-5(1-2-6(9(8)13)11(18)19)3-15-17-10-16-7(14)4-20-10/h1-4,18-19H,14H2,(H,16,17). The SMILES string of the molecule is Nc1csc(NN=Cc2ccc(B(O)O)c(F)c2F)n1. The van der Waals surface area contributed by atoms with E-state index < -0.39 is 24.2 Å². The third-order valence-electron chi connectivity index (χ3n) is 2.31. The number of nitrogen functional groups attached to an aromatic ring is 1. The molecule has 6 nitrogen and oxygen atoms in total. The van der Waals surface area contributed by atoms with Crippen LogP contribution in [0.2, 0.25) is 0 Å². The van der Waals surface area contributed by atoms with Gasteiger partial charge in [-0.15, -0.1) is 11.3 Å². The lowest BCUT2D eigenvalue weighted by Gasteiger charge is -2.04. The summed E-state index contributed by atoms with van der Waals surface area (Å²) in [6.45, 7) is 0. The van der Waals surface area contributed by atoms with E-state index in [1.54, 1.807) is 5.38 Å². The number of nitrogens with two attached hydrogens (primary N) is 1. The average molecular weight is 298 g/mol. The van der Waals surface area contributed by atoms with Crippen LogP contribution in [0, 0.1) is 11.6 Å². The lowest BCUT2D eigenvalue weighted by Crippen LogP contribution is -2.33. The Hall–Kier alpha value is -2.04. The number of hydrazone groups is 1. The highest BCUT2D eigenvalue weighted by Crippen LogP contribution is 2.16. The van der Waals surface area contributed by atoms with Crippen molar-refractivity contribution in [1.82, 2.24) is 4.98 Å². The third-order valence-corrected chi connectivity index (χ3v) is 3.07. The van der Waals surface area contributed by atoms with Crippen molar-refractivity contribution in [2.45, 2.75) is 0 Å². The fourth-order valence-corrected chi connectivity index (χ4v) is 1.92. The molecular formula is C10H9BF2N4O2S. The molecule has 1 aromatic heterocycles. The normalized spacial score (nSPS) is 11.0. The number of rotatable bonds is 4. The maximum absolute atomic E-state index is 13.6. The van der Waals surface area contributed by atoms with Gasteiger partial charge in [0.05, 0.1) is 6.21 Å². The molecule has 0 amide bonds. The van der Waals surface area contributed by atoms with Crippen LogP contribution in [0.1, 0.15) is 5.56 Å². The van der Waals surface area contributed by atoms with Crippen LogP contribution in [0.4, 0.5) is 19.7 Å². The van der Waals surface area contributed by atoms with Crippen LogP contribution in [0.25, 0.3) is 0 Å². The molecule has 0 aliphatic rings. The van der Waals surface area contributed by atoms with Crippen molar-refractivity contribution in [3.05, 3.63) is 34.7 Å². The minimum Gasteiger partial charge on any atom is -0.423 e. The highest BCUT2D eigenvalue weighted by atomic mass is 32.1. The second kappa shape index (κ2) is 5.95. The van der Waals surface area contributed by atoms with Crippen molar-refractivity contribution in [1.29, 1.82) is 0 Å². The highest BCUT2D eigenvalue weighted by Gasteiger charge is 2.20. The summed E-state index contributed by atoms with van der Waals surface area (Å²) in [4.78, 5) is 3.86. The van der Waals surface area contributed by atoms with Crippen LogP contribution in [-0.2, 0) is 0 Å². The molecule has 1 heterocycles. The second-order valence-electron chi connectivity index (χ2n) is 3.69. The number of halogens is 2. The molecule has 0 unspecified atom stereocenters. The Morgan fingerprint density at radius 2 is 2.10 bits per heavy atom. The Morgan fingerprint density at radius 3 is 2.70 bits per heavy atom. The number of nitrogens with zero attached hydrogens (tertiary/aromatic N) is 2. The Balaban J connectivity index is 2.15. The summed E-state index contributed by atoms with van der Waals surface area (Å²) in [5.41, 5.74) is 7.22. The predicted octanol–water partition coefficient (Wildman–Crippen LogP) is 0.129. The van der Waals surface area contributed by atoms with Gasteiger partial charge in [0.2, 0.25) is 5.13 Å². The Labute approximate surface area is 116 Å². The van der Waals surface area contributed by atoms with Gasteiger partial charge >= 0.3 is 7.12 Å². The Morgan fingerprint density at radius 1 is 1.35 bits per heavy atom. The van der Waals surface area contributed by atoms with Gasteiger partial charge in [0.25, 0.3) is 0 Å². The van der Waals surface area contributed by atoms with Crippen LogP contribution in [0.5, 0.6) is 0 Å². The van der Waals surface area contributed by atoms with E-state index >= 15 is 0 Å². The molecule has 5 N–H and O–H groups in total. The molecule has 0 aliphatic carbocycles. The number of nitrogens with one attached hydrogen (secondary N) is 1. The molecule has 104 valence electrons. The minimum atomic E-state index is -2.08. The summed E-state index contributed by atoms with van der Waals surface area (Å²) >= 11 is 1.20. The maximum Gasteiger partial charge on any atom is 0.491 e. The van der Waals surface area contributed by atoms with Crippen LogP contribution in [0.15, 0.2) is 22.6 Å². The quantitative estimate of drug-likeness (QED) is 0.365. The predicted molar refractivity (Wildman–Crippen MR) is 73.9 cm³/mol. The molecule has 2 aromatic rings. The fraction of sp³-hybridized carbons (Fsp3) is 0. The zero-order valence-electron chi connectivity index (χ0n) is 9.92. The minimum absolute atomic E-state index is 0.149. The van der Waals surface area contributed by atoms with Gasteiger partial charge in [-0.3, -0.25) is 5.43 Å². The van der Waals surface area contributed by atoms with Gasteiger partial charge in [0, 0.05) is 16.4 Å². The van der Waals surface area contributed by atoms with Crippen LogP contribution in [-0.4, -0.2) is 28.4 Å². The lowest BCUT2D eigenvalue weighted by atomic mass is 9.79. The number of anilines is 2. The zero-order chi connectivity index (χ0) is 14.7. The molecular weight excluding hydrogens is 289 g/mol. The van der Waals surface area contributed by atoms with Gasteiger partial charge in [0.15, 0.2) is 11.6 Å². The van der Waals surface area contributed by atoms with Crippen molar-refractivity contribution in [3.8, 4) is 0 Å². The van der Waals surface area contributed by atoms with Crippen molar-refractivity contribution in [2.24, 2.45) is 5.10 Å². The van der Waals surface area contributed by atoms with E-state index in [0.717, 1.165) is 12.3 Å². The zero-order valence-corrected chi connectivity index (χ0v) is 10.7. The summed E-state index contributed by atoms with van der Waals surface area (Å²) in [5, 5.41) is 23.3. The number of hydrogen-bond acceptors (Lipinski definition) is 7. The fourth-order valence-electron chi connectivity index (χ4n) is 1.37. The summed E-state index contributed by atoms with van der Waals surface area (Å²) in [7, 11) is -2.08. The number of hydrogen-bond donors (Lipinski definition) is 4. The third kappa shape index (κ3) is 3.10. The van der Waals surface area contributed by atoms with E-state index in [2.05, 4.69) is 15.5 Å². The van der Waals surface area contributed by atoms with Crippen molar-refractivity contribution < 1.29 is 18.8 Å². The summed E-state index contributed by atoms with van der Waals surface area (Å²) in [6.07, 6.45) is 1.05. The van der Waals surface area contributed by atoms with Gasteiger partial charge < -0.3 is 15.8 Å². The number of thiazole rings is 1. The molecule has 0 atom stereocenters. The topological polar surface area (TPSA) is 104 Å². The number of aromatic nitrogens is 1. The monoisotopic (exact) mass is 298 g/mol. The molecule has 0 fully saturated rings. The van der Waals surface area contributed by atoms with Crippen molar-refractivity contribution in [3.63, 3.8) is 0 Å². The van der Waals surface area contributed by atoms with E-state index in [1.807, 2.05) is 0 Å². The summed E-state index contributed by atoms with van der Waals surface area (Å²) in [6, 6.07) is 2.24. The summed E-state index contributed by atoms with van der Waals surface area (Å²) < 4.78 is 27.1. The van der Waals surface area contributed by atoms with E-state index in [1.165, 1.54) is 17.4 Å². The Kier molecular flexibility index (Phi) is 4.27. The largest absolute Gasteiger partial charge is 0.491 e. The molecule has 0 radical (unpaired) electrons. The summed E-state index contributed by atoms with van der Waals surface area (Å²) in [5.74, 6) is -2.23. The maximum atomic E-state index is 13.6. The van der Waals surface area contributed by atoms with E-state index in [-0.39, 0.29) is 5.56 Å². The first kappa shape index (κ1) is 14.4. The molecule has 2 rings (SSSR count). The van der Waals surface area contributed by atoms with Gasteiger partial charge in [-0.1, -0.05) is 12.1 Å². The van der Waals surface area contributed by atoms with Gasteiger partial charge in [-0.05, 0) is 0 Å². The molecule has 0 saturated carbocycles. The van der Waals surface area contributed by atoms with Gasteiger partial charge in [0.1, 0.15) is 5.82 Å². The molecule has 0 aliphatic heterocycles. The van der Waals surface area contributed by atoms with Gasteiger partial charge in [-0.25, -0.2) is 13.8 Å². The van der Waals surface area contributed by atoms with Crippen LogP contribution >= 0.6 is 11.3 Å². The lowest BCUT2D eigenvalue weighted by molar-refractivity contribution is 0.420. The molecule has 1 aromatic carbocycles. The molecule has 0 bridgehead atoms. The van der Waals surface area contributed by atoms with Gasteiger partial charge in [-0.2, -0.15) is 5.10 Å². The molecule has 0 saturated heterocycles. The van der Waals surface area contributed by atoms with E-state index in [0.29, 0.717) is 10.9 Å². The van der Waals surface area contributed by atoms with Crippen LogP contribution in [0.3, 0.4) is 0 Å². The first-order chi connectivity index (χ1) is 9.49.